The van der Waals surface area contributed by atoms with Crippen molar-refractivity contribution in [3.8, 4) is 0 Å². The van der Waals surface area contributed by atoms with Crippen LogP contribution in [-0.4, -0.2) is 62.1 Å². The van der Waals surface area contributed by atoms with Gasteiger partial charge in [-0.3, -0.25) is 9.59 Å². The van der Waals surface area contributed by atoms with Crippen molar-refractivity contribution in [3.05, 3.63) is 0 Å². The Bertz CT molecular complexity index is 404. The Morgan fingerprint density at radius 3 is 2.43 bits per heavy atom. The molecule has 0 radical (unpaired) electrons. The first-order valence-corrected chi connectivity index (χ1v) is 8.58. The van der Waals surface area contributed by atoms with E-state index in [2.05, 4.69) is 20.5 Å². The zero-order chi connectivity index (χ0) is 17.1. The second-order valence-electron chi connectivity index (χ2n) is 5.53. The van der Waals surface area contributed by atoms with Crippen LogP contribution >= 0.6 is 0 Å². The van der Waals surface area contributed by atoms with Gasteiger partial charge in [0.2, 0.25) is 5.91 Å². The largest absolute Gasteiger partial charge is 0.466 e. The van der Waals surface area contributed by atoms with Crippen LogP contribution in [0.3, 0.4) is 0 Å². The molecule has 0 aromatic carbocycles. The smallest absolute Gasteiger partial charge is 0.309 e. The van der Waals surface area contributed by atoms with Crippen LogP contribution < -0.4 is 10.6 Å². The number of esters is 1. The molecule has 0 aromatic rings. The van der Waals surface area contributed by atoms with Gasteiger partial charge < -0.3 is 20.3 Å². The van der Waals surface area contributed by atoms with Crippen molar-refractivity contribution in [1.29, 1.82) is 0 Å². The van der Waals surface area contributed by atoms with Crippen molar-refractivity contribution >= 4 is 17.8 Å². The molecule has 0 unspecified atom stereocenters. The van der Waals surface area contributed by atoms with E-state index < -0.39 is 0 Å². The summed E-state index contributed by atoms with van der Waals surface area (Å²) in [7, 11) is 0. The Labute approximate surface area is 138 Å². The molecular weight excluding hydrogens is 296 g/mol. The van der Waals surface area contributed by atoms with E-state index in [0.717, 1.165) is 44.9 Å². The minimum Gasteiger partial charge on any atom is -0.466 e. The number of nitrogens with zero attached hydrogens (tertiary/aromatic N) is 2. The molecular formula is C16H30N4O3. The standard InChI is InChI=1S/C16H30N4O3/c1-4-9-18-14(21)12-19-16(17-5-2)20-10-7-13(8-11-20)15(22)23-6-3/h13H,4-12H2,1-3H3,(H,17,19)(H,18,21). The van der Waals surface area contributed by atoms with E-state index in [4.69, 9.17) is 4.74 Å². The van der Waals surface area contributed by atoms with Gasteiger partial charge in [0.25, 0.3) is 0 Å². The average Bonchev–Trinajstić information content (AvgIpc) is 2.57. The molecule has 1 heterocycles. The predicted octanol–water partition coefficient (Wildman–Crippen LogP) is 0.753. The van der Waals surface area contributed by atoms with Crippen LogP contribution in [0.4, 0.5) is 0 Å². The highest BCUT2D eigenvalue weighted by Crippen LogP contribution is 2.18. The van der Waals surface area contributed by atoms with Crippen molar-refractivity contribution in [1.82, 2.24) is 15.5 Å². The van der Waals surface area contributed by atoms with Crippen molar-refractivity contribution in [2.75, 3.05) is 39.3 Å². The third kappa shape index (κ3) is 6.88. The first-order chi connectivity index (χ1) is 11.1. The highest BCUT2D eigenvalue weighted by atomic mass is 16.5. The highest BCUT2D eigenvalue weighted by molar-refractivity contribution is 5.85. The predicted molar refractivity (Wildman–Crippen MR) is 90.2 cm³/mol. The molecule has 2 N–H and O–H groups in total. The molecule has 1 fully saturated rings. The summed E-state index contributed by atoms with van der Waals surface area (Å²) in [4.78, 5) is 30.0. The number of hydrogen-bond acceptors (Lipinski definition) is 4. The van der Waals surface area contributed by atoms with Gasteiger partial charge >= 0.3 is 5.97 Å². The molecule has 0 spiro atoms. The normalized spacial score (nSPS) is 16.1. The zero-order valence-electron chi connectivity index (χ0n) is 14.6. The van der Waals surface area contributed by atoms with Gasteiger partial charge in [0.05, 0.1) is 12.5 Å². The van der Waals surface area contributed by atoms with Crippen LogP contribution in [0.1, 0.15) is 40.0 Å². The molecule has 1 aliphatic heterocycles. The van der Waals surface area contributed by atoms with Crippen molar-refractivity contribution < 1.29 is 14.3 Å². The fourth-order valence-electron chi connectivity index (χ4n) is 2.48. The number of amides is 1. The van der Waals surface area contributed by atoms with Gasteiger partial charge in [0.15, 0.2) is 5.96 Å². The lowest BCUT2D eigenvalue weighted by Gasteiger charge is -2.33. The maximum absolute atomic E-state index is 11.8. The van der Waals surface area contributed by atoms with Gasteiger partial charge in [0, 0.05) is 26.2 Å². The van der Waals surface area contributed by atoms with Crippen LogP contribution in [0.25, 0.3) is 0 Å². The number of guanidine groups is 1. The minimum atomic E-state index is -0.104. The third-order valence-corrected chi connectivity index (χ3v) is 3.69. The van der Waals surface area contributed by atoms with E-state index in [0.29, 0.717) is 13.2 Å². The molecule has 132 valence electrons. The second kappa shape index (κ2) is 10.9. The number of likely N-dealkylation sites (tertiary alicyclic amines) is 1. The topological polar surface area (TPSA) is 83.0 Å². The van der Waals surface area contributed by atoms with Crippen LogP contribution in [0.2, 0.25) is 0 Å². The number of carbonyl (C=O) groups is 2. The lowest BCUT2D eigenvalue weighted by molar-refractivity contribution is -0.149. The molecule has 1 saturated heterocycles. The second-order valence-corrected chi connectivity index (χ2v) is 5.53. The number of piperidine rings is 1. The maximum Gasteiger partial charge on any atom is 0.309 e. The lowest BCUT2D eigenvalue weighted by atomic mass is 9.97. The van der Waals surface area contributed by atoms with E-state index >= 15 is 0 Å². The minimum absolute atomic E-state index is 0.0260. The van der Waals surface area contributed by atoms with Gasteiger partial charge in [-0.15, -0.1) is 0 Å². The van der Waals surface area contributed by atoms with Crippen molar-refractivity contribution in [3.63, 3.8) is 0 Å². The summed E-state index contributed by atoms with van der Waals surface area (Å²) >= 11 is 0. The number of rotatable bonds is 7. The Morgan fingerprint density at radius 1 is 1.17 bits per heavy atom. The summed E-state index contributed by atoms with van der Waals surface area (Å²) in [6.45, 7) is 9.29. The molecule has 7 heteroatoms. The van der Waals surface area contributed by atoms with E-state index in [1.807, 2.05) is 20.8 Å². The van der Waals surface area contributed by atoms with Crippen LogP contribution in [0.15, 0.2) is 4.99 Å². The summed E-state index contributed by atoms with van der Waals surface area (Å²) in [5.41, 5.74) is 0. The SMILES string of the molecule is CCCNC(=O)CN=C(NCC)N1CCC(C(=O)OCC)CC1. The fourth-order valence-corrected chi connectivity index (χ4v) is 2.48. The number of nitrogens with one attached hydrogen (secondary N) is 2. The number of aliphatic imine (C=N–C) groups is 1. The summed E-state index contributed by atoms with van der Waals surface area (Å²) in [6, 6.07) is 0. The molecule has 0 bridgehead atoms. The summed E-state index contributed by atoms with van der Waals surface area (Å²) < 4.78 is 5.08. The Balaban J connectivity index is 2.52. The van der Waals surface area contributed by atoms with Crippen molar-refractivity contribution in [2.24, 2.45) is 10.9 Å². The van der Waals surface area contributed by atoms with Crippen molar-refractivity contribution in [2.45, 2.75) is 40.0 Å². The van der Waals surface area contributed by atoms with E-state index in [-0.39, 0.29) is 24.3 Å². The number of hydrogen-bond donors (Lipinski definition) is 2. The first kappa shape index (κ1) is 19.3. The van der Waals surface area contributed by atoms with Crippen LogP contribution in [-0.2, 0) is 14.3 Å². The molecule has 1 rings (SSSR count). The molecule has 1 aliphatic rings. The molecule has 23 heavy (non-hydrogen) atoms. The van der Waals surface area contributed by atoms with Crippen LogP contribution in [0, 0.1) is 5.92 Å². The number of carbonyl (C=O) groups excluding carboxylic acids is 2. The molecule has 1 amide bonds. The number of ether oxygens (including phenoxy) is 1. The quantitative estimate of drug-likeness (QED) is 0.410. The molecule has 0 atom stereocenters. The molecule has 0 aliphatic carbocycles. The maximum atomic E-state index is 11.8. The van der Waals surface area contributed by atoms with Gasteiger partial charge in [0.1, 0.15) is 6.54 Å². The van der Waals surface area contributed by atoms with E-state index in [1.165, 1.54) is 0 Å². The Kier molecular flexibility index (Phi) is 9.09. The molecule has 0 aromatic heterocycles. The zero-order valence-corrected chi connectivity index (χ0v) is 14.6. The third-order valence-electron chi connectivity index (χ3n) is 3.69. The summed E-state index contributed by atoms with van der Waals surface area (Å²) in [5, 5.41) is 6.03. The summed E-state index contributed by atoms with van der Waals surface area (Å²) in [5.74, 6) is 0.542. The average molecular weight is 326 g/mol. The van der Waals surface area contributed by atoms with Crippen LogP contribution in [0.5, 0.6) is 0 Å². The monoisotopic (exact) mass is 326 g/mol. The van der Waals surface area contributed by atoms with Gasteiger partial charge in [-0.2, -0.15) is 0 Å². The fraction of sp³-hybridized carbons (Fsp3) is 0.812. The highest BCUT2D eigenvalue weighted by Gasteiger charge is 2.27. The summed E-state index contributed by atoms with van der Waals surface area (Å²) in [6.07, 6.45) is 2.42. The van der Waals surface area contributed by atoms with E-state index in [9.17, 15) is 9.59 Å². The van der Waals surface area contributed by atoms with E-state index in [1.54, 1.807) is 0 Å². The van der Waals surface area contributed by atoms with Gasteiger partial charge in [-0.05, 0) is 33.1 Å². The first-order valence-electron chi connectivity index (χ1n) is 8.58. The molecule has 7 nitrogen and oxygen atoms in total. The van der Waals surface area contributed by atoms with Gasteiger partial charge in [-0.1, -0.05) is 6.92 Å². The van der Waals surface area contributed by atoms with Gasteiger partial charge in [-0.25, -0.2) is 4.99 Å². The Hall–Kier alpha value is -1.79. The Morgan fingerprint density at radius 2 is 1.87 bits per heavy atom. The molecule has 0 saturated carbocycles. The lowest BCUT2D eigenvalue weighted by Crippen LogP contribution is -2.47.